The van der Waals surface area contributed by atoms with Crippen LogP contribution in [0.15, 0.2) is 18.3 Å². The number of carbonyl (C=O) groups is 1. The Kier molecular flexibility index (Phi) is 4.60. The lowest BCUT2D eigenvalue weighted by molar-refractivity contribution is 0.0680. The lowest BCUT2D eigenvalue weighted by atomic mass is 9.91. The molecule has 1 amide bonds. The summed E-state index contributed by atoms with van der Waals surface area (Å²) in [6, 6.07) is 3.94. The highest BCUT2D eigenvalue weighted by molar-refractivity contribution is 5.94. The van der Waals surface area contributed by atoms with Gasteiger partial charge in [-0.25, -0.2) is 4.98 Å². The summed E-state index contributed by atoms with van der Waals surface area (Å²) in [5, 5.41) is 0. The van der Waals surface area contributed by atoms with Crippen LogP contribution in [0.4, 0.5) is 5.82 Å². The predicted octanol–water partition coefficient (Wildman–Crippen LogP) is 1.35. The zero-order valence-corrected chi connectivity index (χ0v) is 12.5. The fourth-order valence-corrected chi connectivity index (χ4v) is 2.59. The number of nitrogens with zero attached hydrogens (tertiary/aromatic N) is 3. The molecule has 110 valence electrons. The highest BCUT2D eigenvalue weighted by Gasteiger charge is 2.25. The SMILES string of the molecule is CC(N)C1CCN(C(=O)c2ccc(N(C)C)nc2)CC1. The molecule has 1 aromatic heterocycles. The number of amides is 1. The zero-order chi connectivity index (χ0) is 14.7. The molecule has 20 heavy (non-hydrogen) atoms. The van der Waals surface area contributed by atoms with Crippen LogP contribution in [0.2, 0.25) is 0 Å². The van der Waals surface area contributed by atoms with Crippen molar-refractivity contribution in [2.45, 2.75) is 25.8 Å². The van der Waals surface area contributed by atoms with Crippen LogP contribution >= 0.6 is 0 Å². The molecule has 1 saturated heterocycles. The van der Waals surface area contributed by atoms with Crippen molar-refractivity contribution < 1.29 is 4.79 Å². The highest BCUT2D eigenvalue weighted by atomic mass is 16.2. The van der Waals surface area contributed by atoms with Crippen molar-refractivity contribution in [2.24, 2.45) is 11.7 Å². The van der Waals surface area contributed by atoms with E-state index < -0.39 is 0 Å². The van der Waals surface area contributed by atoms with Crippen molar-refractivity contribution >= 4 is 11.7 Å². The number of hydrogen-bond acceptors (Lipinski definition) is 4. The summed E-state index contributed by atoms with van der Waals surface area (Å²) in [4.78, 5) is 20.5. The van der Waals surface area contributed by atoms with Gasteiger partial charge in [0.05, 0.1) is 5.56 Å². The quantitative estimate of drug-likeness (QED) is 0.905. The van der Waals surface area contributed by atoms with Crippen molar-refractivity contribution in [3.63, 3.8) is 0 Å². The first-order chi connectivity index (χ1) is 9.49. The van der Waals surface area contributed by atoms with Gasteiger partial charge in [0.15, 0.2) is 0 Å². The van der Waals surface area contributed by atoms with Crippen LogP contribution in [0.3, 0.4) is 0 Å². The third-order valence-electron chi connectivity index (χ3n) is 4.02. The molecule has 1 aromatic rings. The fourth-order valence-electron chi connectivity index (χ4n) is 2.59. The average molecular weight is 276 g/mol. The van der Waals surface area contributed by atoms with Gasteiger partial charge in [-0.1, -0.05) is 0 Å². The Balaban J connectivity index is 1.98. The second kappa shape index (κ2) is 6.22. The molecule has 1 aliphatic rings. The van der Waals surface area contributed by atoms with Crippen molar-refractivity contribution in [1.82, 2.24) is 9.88 Å². The summed E-state index contributed by atoms with van der Waals surface area (Å²) in [6.07, 6.45) is 3.65. The third kappa shape index (κ3) is 3.28. The van der Waals surface area contributed by atoms with E-state index in [-0.39, 0.29) is 11.9 Å². The van der Waals surface area contributed by atoms with E-state index in [0.717, 1.165) is 31.7 Å². The Hall–Kier alpha value is -1.62. The van der Waals surface area contributed by atoms with E-state index in [1.54, 1.807) is 6.20 Å². The van der Waals surface area contributed by atoms with E-state index in [4.69, 9.17) is 5.73 Å². The average Bonchev–Trinajstić information content (AvgIpc) is 2.46. The largest absolute Gasteiger partial charge is 0.363 e. The molecule has 5 nitrogen and oxygen atoms in total. The Bertz CT molecular complexity index is 447. The number of pyridine rings is 1. The number of likely N-dealkylation sites (tertiary alicyclic amines) is 1. The Morgan fingerprint density at radius 3 is 2.50 bits per heavy atom. The molecule has 1 fully saturated rings. The molecule has 0 aliphatic carbocycles. The molecular formula is C15H24N4O. The van der Waals surface area contributed by atoms with Gasteiger partial charge in [0.25, 0.3) is 5.91 Å². The van der Waals surface area contributed by atoms with E-state index in [1.807, 2.05) is 43.0 Å². The lowest BCUT2D eigenvalue weighted by Crippen LogP contribution is -2.42. The number of carbonyl (C=O) groups excluding carboxylic acids is 1. The maximum atomic E-state index is 12.4. The predicted molar refractivity (Wildman–Crippen MR) is 80.8 cm³/mol. The van der Waals surface area contributed by atoms with Crippen LogP contribution in [0.25, 0.3) is 0 Å². The molecule has 1 aliphatic heterocycles. The molecule has 0 radical (unpaired) electrons. The second-order valence-electron chi connectivity index (χ2n) is 5.79. The van der Waals surface area contributed by atoms with Gasteiger partial charge in [-0.05, 0) is 37.8 Å². The molecule has 2 heterocycles. The molecule has 5 heteroatoms. The van der Waals surface area contributed by atoms with Gasteiger partial charge in [0.2, 0.25) is 0 Å². The van der Waals surface area contributed by atoms with Gasteiger partial charge >= 0.3 is 0 Å². The number of hydrogen-bond donors (Lipinski definition) is 1. The number of piperidine rings is 1. The van der Waals surface area contributed by atoms with Crippen molar-refractivity contribution in [2.75, 3.05) is 32.1 Å². The zero-order valence-electron chi connectivity index (χ0n) is 12.5. The Morgan fingerprint density at radius 2 is 2.05 bits per heavy atom. The van der Waals surface area contributed by atoms with Crippen LogP contribution in [0, 0.1) is 5.92 Å². The van der Waals surface area contributed by atoms with Crippen molar-refractivity contribution in [3.8, 4) is 0 Å². The van der Waals surface area contributed by atoms with Gasteiger partial charge in [-0.15, -0.1) is 0 Å². The summed E-state index contributed by atoms with van der Waals surface area (Å²) < 4.78 is 0. The van der Waals surface area contributed by atoms with E-state index >= 15 is 0 Å². The molecule has 2 rings (SSSR count). The third-order valence-corrected chi connectivity index (χ3v) is 4.02. The first-order valence-electron chi connectivity index (χ1n) is 7.17. The minimum atomic E-state index is 0.0749. The van der Waals surface area contributed by atoms with E-state index in [1.165, 1.54) is 0 Å². The first-order valence-corrected chi connectivity index (χ1v) is 7.17. The molecule has 1 unspecified atom stereocenters. The van der Waals surface area contributed by atoms with Gasteiger partial charge in [0, 0.05) is 39.4 Å². The smallest absolute Gasteiger partial charge is 0.255 e. The summed E-state index contributed by atoms with van der Waals surface area (Å²) in [6.45, 7) is 3.63. The first kappa shape index (κ1) is 14.8. The number of aromatic nitrogens is 1. The molecule has 0 spiro atoms. The monoisotopic (exact) mass is 276 g/mol. The van der Waals surface area contributed by atoms with Gasteiger partial charge < -0.3 is 15.5 Å². The number of nitrogens with two attached hydrogens (primary N) is 1. The van der Waals surface area contributed by atoms with Gasteiger partial charge in [-0.3, -0.25) is 4.79 Å². The molecule has 2 N–H and O–H groups in total. The molecular weight excluding hydrogens is 252 g/mol. The maximum Gasteiger partial charge on any atom is 0.255 e. The van der Waals surface area contributed by atoms with Crippen LogP contribution in [0.1, 0.15) is 30.1 Å². The minimum absolute atomic E-state index is 0.0749. The Morgan fingerprint density at radius 1 is 1.40 bits per heavy atom. The minimum Gasteiger partial charge on any atom is -0.363 e. The van der Waals surface area contributed by atoms with E-state index in [9.17, 15) is 4.79 Å². The normalized spacial score (nSPS) is 17.9. The van der Waals surface area contributed by atoms with Crippen molar-refractivity contribution in [1.29, 1.82) is 0 Å². The summed E-state index contributed by atoms with van der Waals surface area (Å²) in [5.74, 6) is 1.47. The van der Waals surface area contributed by atoms with Gasteiger partial charge in [-0.2, -0.15) is 0 Å². The van der Waals surface area contributed by atoms with Crippen LogP contribution in [0.5, 0.6) is 0 Å². The van der Waals surface area contributed by atoms with Crippen LogP contribution in [-0.2, 0) is 0 Å². The van der Waals surface area contributed by atoms with E-state index in [2.05, 4.69) is 4.98 Å². The Labute approximate surface area is 120 Å². The highest BCUT2D eigenvalue weighted by Crippen LogP contribution is 2.21. The summed E-state index contributed by atoms with van der Waals surface area (Å²) in [5.41, 5.74) is 6.59. The lowest BCUT2D eigenvalue weighted by Gasteiger charge is -2.33. The fraction of sp³-hybridized carbons (Fsp3) is 0.600. The summed E-state index contributed by atoms with van der Waals surface area (Å²) in [7, 11) is 3.87. The standard InChI is InChI=1S/C15H24N4O/c1-11(16)12-6-8-19(9-7-12)15(20)13-4-5-14(17-10-13)18(2)3/h4-5,10-12H,6-9,16H2,1-3H3. The molecule has 0 saturated carbocycles. The summed E-state index contributed by atoms with van der Waals surface area (Å²) >= 11 is 0. The second-order valence-corrected chi connectivity index (χ2v) is 5.79. The molecule has 0 aromatic carbocycles. The molecule has 0 bridgehead atoms. The number of rotatable bonds is 3. The van der Waals surface area contributed by atoms with E-state index in [0.29, 0.717) is 11.5 Å². The van der Waals surface area contributed by atoms with Gasteiger partial charge in [0.1, 0.15) is 5.82 Å². The van der Waals surface area contributed by atoms with Crippen molar-refractivity contribution in [3.05, 3.63) is 23.9 Å². The maximum absolute atomic E-state index is 12.4. The number of anilines is 1. The molecule has 1 atom stereocenters. The topological polar surface area (TPSA) is 62.5 Å². The van der Waals surface area contributed by atoms with Crippen LogP contribution < -0.4 is 10.6 Å². The van der Waals surface area contributed by atoms with Crippen LogP contribution in [-0.4, -0.2) is 49.0 Å².